The normalized spacial score (nSPS) is 13.0. The van der Waals surface area contributed by atoms with Crippen molar-refractivity contribution in [3.63, 3.8) is 0 Å². The minimum atomic E-state index is -0.962. The molecule has 2 N–H and O–H groups in total. The molecular weight excluding hydrogens is 330 g/mol. The van der Waals surface area contributed by atoms with Crippen LogP contribution in [0.25, 0.3) is 0 Å². The lowest BCUT2D eigenvalue weighted by Gasteiger charge is -2.31. The maximum Gasteiger partial charge on any atom is 0.335 e. The first-order valence-electron chi connectivity index (χ1n) is 8.77. The van der Waals surface area contributed by atoms with Crippen LogP contribution in [0.4, 0.5) is 0 Å². The summed E-state index contributed by atoms with van der Waals surface area (Å²) in [5, 5.41) is 12.0. The monoisotopic (exact) mass is 355 g/mol. The fourth-order valence-corrected chi connectivity index (χ4v) is 2.63. The van der Waals surface area contributed by atoms with E-state index in [1.807, 2.05) is 25.1 Å². The van der Waals surface area contributed by atoms with Crippen molar-refractivity contribution in [1.29, 1.82) is 0 Å². The van der Waals surface area contributed by atoms with Gasteiger partial charge in [-0.1, -0.05) is 43.7 Å². The average molecular weight is 355 g/mol. The van der Waals surface area contributed by atoms with Gasteiger partial charge in [0.25, 0.3) is 5.91 Å². The van der Waals surface area contributed by atoms with Gasteiger partial charge in [0, 0.05) is 18.6 Å². The highest BCUT2D eigenvalue weighted by Gasteiger charge is 2.28. The Labute approximate surface area is 154 Å². The van der Waals surface area contributed by atoms with Crippen LogP contribution in [-0.4, -0.2) is 29.3 Å². The molecule has 0 spiro atoms. The molecule has 5 nitrogen and oxygen atoms in total. The van der Waals surface area contributed by atoms with Crippen LogP contribution >= 0.6 is 0 Å². The summed E-state index contributed by atoms with van der Waals surface area (Å²) in [6.07, 6.45) is 2.33. The zero-order valence-electron chi connectivity index (χ0n) is 15.2. The molecule has 0 aliphatic heterocycles. The van der Waals surface area contributed by atoms with Crippen LogP contribution in [0.5, 0.6) is 0 Å². The number of hydrogen-bond donors (Lipinski definition) is 2. The Hall–Kier alpha value is -2.66. The summed E-state index contributed by atoms with van der Waals surface area (Å²) in [6, 6.07) is 15.6. The Balaban J connectivity index is 2.14. The number of nitrogens with one attached hydrogen (secondary N) is 1. The number of unbranched alkanes of at least 4 members (excludes halogenated alkanes) is 1. The van der Waals surface area contributed by atoms with Crippen molar-refractivity contribution in [2.45, 2.75) is 38.8 Å². The van der Waals surface area contributed by atoms with Crippen molar-refractivity contribution in [1.82, 2.24) is 5.32 Å². The largest absolute Gasteiger partial charge is 0.478 e. The molecule has 0 radical (unpaired) electrons. The number of carboxylic acids is 1. The number of hydrogen-bond acceptors (Lipinski definition) is 3. The molecule has 1 amide bonds. The maximum absolute atomic E-state index is 12.6. The van der Waals surface area contributed by atoms with Crippen LogP contribution in [-0.2, 0) is 11.2 Å². The van der Waals surface area contributed by atoms with Crippen molar-refractivity contribution in [3.8, 4) is 0 Å². The molecule has 0 aliphatic carbocycles. The van der Waals surface area contributed by atoms with Crippen LogP contribution in [0.15, 0.2) is 54.6 Å². The summed E-state index contributed by atoms with van der Waals surface area (Å²) < 4.78 is 6.00. The Bertz CT molecular complexity index is 727. The molecule has 138 valence electrons. The van der Waals surface area contributed by atoms with Gasteiger partial charge in [-0.2, -0.15) is 0 Å². The van der Waals surface area contributed by atoms with Gasteiger partial charge in [0.1, 0.15) is 5.72 Å². The topological polar surface area (TPSA) is 75.6 Å². The van der Waals surface area contributed by atoms with Crippen LogP contribution < -0.4 is 5.32 Å². The molecule has 2 aromatic carbocycles. The smallest absolute Gasteiger partial charge is 0.335 e. The number of aromatic carboxylic acids is 1. The molecule has 0 saturated carbocycles. The molecule has 0 heterocycles. The van der Waals surface area contributed by atoms with Crippen molar-refractivity contribution in [2.75, 3.05) is 6.61 Å². The number of amides is 1. The van der Waals surface area contributed by atoms with Gasteiger partial charge in [0.15, 0.2) is 0 Å². The molecule has 0 saturated heterocycles. The minimum Gasteiger partial charge on any atom is -0.478 e. The van der Waals surface area contributed by atoms with Crippen molar-refractivity contribution in [2.24, 2.45) is 0 Å². The standard InChI is InChI=1S/C21H25NO4/c1-3-4-14-26-21(2,22-19(23)17-8-6-5-7-9-17)15-16-10-12-18(13-11-16)20(24)25/h5-13H,3-4,14-15H2,1-2H3,(H,22,23)(H,24,25). The van der Waals surface area contributed by atoms with E-state index < -0.39 is 11.7 Å². The second-order valence-corrected chi connectivity index (χ2v) is 6.43. The van der Waals surface area contributed by atoms with Gasteiger partial charge in [-0.05, 0) is 43.2 Å². The third kappa shape index (κ3) is 5.70. The van der Waals surface area contributed by atoms with Gasteiger partial charge in [-0.15, -0.1) is 0 Å². The van der Waals surface area contributed by atoms with E-state index in [0.29, 0.717) is 18.6 Å². The van der Waals surface area contributed by atoms with Gasteiger partial charge in [0.05, 0.1) is 5.56 Å². The Kier molecular flexibility index (Phi) is 6.92. The van der Waals surface area contributed by atoms with Gasteiger partial charge in [0.2, 0.25) is 0 Å². The fraction of sp³-hybridized carbons (Fsp3) is 0.333. The molecule has 26 heavy (non-hydrogen) atoms. The van der Waals surface area contributed by atoms with E-state index in [0.717, 1.165) is 18.4 Å². The summed E-state index contributed by atoms with van der Waals surface area (Å²) in [7, 11) is 0. The van der Waals surface area contributed by atoms with E-state index in [4.69, 9.17) is 9.84 Å². The molecule has 1 unspecified atom stereocenters. The molecular formula is C21H25NO4. The lowest BCUT2D eigenvalue weighted by atomic mass is 10.0. The summed E-state index contributed by atoms with van der Waals surface area (Å²) in [5.74, 6) is -1.16. The second kappa shape index (κ2) is 9.15. The van der Waals surface area contributed by atoms with Gasteiger partial charge in [-0.3, -0.25) is 4.79 Å². The predicted octanol–water partition coefficient (Wildman–Crippen LogP) is 3.89. The number of carbonyl (C=O) groups excluding carboxylic acids is 1. The third-order valence-corrected chi connectivity index (χ3v) is 4.07. The van der Waals surface area contributed by atoms with E-state index >= 15 is 0 Å². The molecule has 0 aromatic heterocycles. The number of benzene rings is 2. The molecule has 0 aliphatic rings. The second-order valence-electron chi connectivity index (χ2n) is 6.43. The van der Waals surface area contributed by atoms with E-state index in [2.05, 4.69) is 12.2 Å². The zero-order valence-corrected chi connectivity index (χ0v) is 15.2. The average Bonchev–Trinajstić information content (AvgIpc) is 2.63. The molecule has 1 atom stereocenters. The Morgan fingerprint density at radius 3 is 2.27 bits per heavy atom. The first kappa shape index (κ1) is 19.7. The highest BCUT2D eigenvalue weighted by Crippen LogP contribution is 2.18. The Morgan fingerprint density at radius 2 is 1.69 bits per heavy atom. The van der Waals surface area contributed by atoms with Gasteiger partial charge < -0.3 is 15.2 Å². The van der Waals surface area contributed by atoms with Gasteiger partial charge in [-0.25, -0.2) is 4.79 Å². The molecule has 0 fully saturated rings. The Morgan fingerprint density at radius 1 is 1.04 bits per heavy atom. The van der Waals surface area contributed by atoms with Crippen molar-refractivity contribution < 1.29 is 19.4 Å². The highest BCUT2D eigenvalue weighted by atomic mass is 16.5. The van der Waals surface area contributed by atoms with E-state index in [-0.39, 0.29) is 11.5 Å². The maximum atomic E-state index is 12.6. The zero-order chi connectivity index (χ0) is 19.0. The van der Waals surface area contributed by atoms with Crippen molar-refractivity contribution >= 4 is 11.9 Å². The summed E-state index contributed by atoms with van der Waals surface area (Å²) in [6.45, 7) is 4.46. The van der Waals surface area contributed by atoms with E-state index in [9.17, 15) is 9.59 Å². The number of ether oxygens (including phenoxy) is 1. The first-order chi connectivity index (χ1) is 12.4. The van der Waals surface area contributed by atoms with E-state index in [1.165, 1.54) is 0 Å². The van der Waals surface area contributed by atoms with Gasteiger partial charge >= 0.3 is 5.97 Å². The minimum absolute atomic E-state index is 0.202. The molecule has 0 bridgehead atoms. The quantitative estimate of drug-likeness (QED) is 0.528. The fourth-order valence-electron chi connectivity index (χ4n) is 2.63. The summed E-state index contributed by atoms with van der Waals surface area (Å²) in [5.41, 5.74) is 0.810. The van der Waals surface area contributed by atoms with Crippen LogP contribution in [0.3, 0.4) is 0 Å². The molecule has 5 heteroatoms. The number of carbonyl (C=O) groups is 2. The van der Waals surface area contributed by atoms with Crippen LogP contribution in [0.1, 0.15) is 53.0 Å². The van der Waals surface area contributed by atoms with E-state index in [1.54, 1.807) is 36.4 Å². The number of carboxylic acid groups (broad SMARTS) is 1. The first-order valence-corrected chi connectivity index (χ1v) is 8.77. The van der Waals surface area contributed by atoms with Crippen LogP contribution in [0, 0.1) is 0 Å². The lowest BCUT2D eigenvalue weighted by Crippen LogP contribution is -2.50. The predicted molar refractivity (Wildman–Crippen MR) is 100 cm³/mol. The summed E-state index contributed by atoms with van der Waals surface area (Å²) in [4.78, 5) is 23.6. The molecule has 2 aromatic rings. The van der Waals surface area contributed by atoms with Crippen molar-refractivity contribution in [3.05, 3.63) is 71.3 Å². The molecule has 2 rings (SSSR count). The lowest BCUT2D eigenvalue weighted by molar-refractivity contribution is -0.0514. The highest BCUT2D eigenvalue weighted by molar-refractivity contribution is 5.94. The summed E-state index contributed by atoms with van der Waals surface area (Å²) >= 11 is 0. The van der Waals surface area contributed by atoms with Crippen LogP contribution in [0.2, 0.25) is 0 Å². The SMILES string of the molecule is CCCCOC(C)(Cc1ccc(C(=O)O)cc1)NC(=O)c1ccccc1. The third-order valence-electron chi connectivity index (χ3n) is 4.07. The number of rotatable bonds is 9.